The minimum absolute atomic E-state index is 0.122. The zero-order valence-electron chi connectivity index (χ0n) is 19.5. The Bertz CT molecular complexity index is 1380. The lowest BCUT2D eigenvalue weighted by atomic mass is 9.93. The summed E-state index contributed by atoms with van der Waals surface area (Å²) in [6.45, 7) is 8.03. The molecule has 0 saturated carbocycles. The van der Waals surface area contributed by atoms with E-state index in [0.717, 1.165) is 41.8 Å². The maximum Gasteiger partial charge on any atom is 0.157 e. The minimum atomic E-state index is -0.448. The average Bonchev–Trinajstić information content (AvgIpc) is 3.34. The Hall–Kier alpha value is -3.19. The highest BCUT2D eigenvalue weighted by Crippen LogP contribution is 2.42. The van der Waals surface area contributed by atoms with Crippen LogP contribution in [0.2, 0.25) is 0 Å². The average molecular weight is 449 g/mol. The van der Waals surface area contributed by atoms with Crippen LogP contribution in [0.5, 0.6) is 0 Å². The van der Waals surface area contributed by atoms with Gasteiger partial charge in [0.1, 0.15) is 17.6 Å². The first-order valence-electron chi connectivity index (χ1n) is 11.4. The van der Waals surface area contributed by atoms with E-state index in [1.165, 1.54) is 6.07 Å². The Labute approximate surface area is 192 Å². The first-order valence-corrected chi connectivity index (χ1v) is 11.4. The van der Waals surface area contributed by atoms with E-state index in [-0.39, 0.29) is 23.6 Å². The number of halogens is 1. The number of rotatable bonds is 6. The number of aromatic nitrogens is 3. The van der Waals surface area contributed by atoms with Crippen LogP contribution in [0.25, 0.3) is 33.5 Å². The van der Waals surface area contributed by atoms with Crippen molar-refractivity contribution in [1.29, 1.82) is 0 Å². The van der Waals surface area contributed by atoms with Gasteiger partial charge in [0, 0.05) is 43.1 Å². The van der Waals surface area contributed by atoms with Crippen molar-refractivity contribution in [1.82, 2.24) is 14.1 Å². The molecule has 7 heteroatoms. The predicted molar refractivity (Wildman–Crippen MR) is 129 cm³/mol. The lowest BCUT2D eigenvalue weighted by molar-refractivity contribution is 0.112. The monoisotopic (exact) mass is 448 g/mol. The normalized spacial score (nSPS) is 16.2. The summed E-state index contributed by atoms with van der Waals surface area (Å²) in [6, 6.07) is 11.5. The molecule has 1 unspecified atom stereocenters. The largest absolute Gasteiger partial charge is 0.396 e. The molecule has 1 atom stereocenters. The molecule has 0 saturated heterocycles. The molecule has 0 aliphatic carbocycles. The number of imidazole rings is 1. The second-order valence-electron chi connectivity index (χ2n) is 9.86. The second kappa shape index (κ2) is 7.70. The molecule has 33 heavy (non-hydrogen) atoms. The summed E-state index contributed by atoms with van der Waals surface area (Å²) in [5, 5.41) is 11.0. The third-order valence-electron chi connectivity index (χ3n) is 6.80. The van der Waals surface area contributed by atoms with E-state index < -0.39 is 5.82 Å². The number of hydrogen-bond acceptors (Lipinski definition) is 4. The summed E-state index contributed by atoms with van der Waals surface area (Å²) in [4.78, 5) is 18.4. The van der Waals surface area contributed by atoms with E-state index in [1.54, 1.807) is 10.6 Å². The Morgan fingerprint density at radius 3 is 2.73 bits per heavy atom. The smallest absolute Gasteiger partial charge is 0.157 e. The molecule has 3 heterocycles. The van der Waals surface area contributed by atoms with Crippen LogP contribution < -0.4 is 4.90 Å². The van der Waals surface area contributed by atoms with Crippen LogP contribution in [0.1, 0.15) is 43.6 Å². The number of aryl methyl sites for hydroxylation is 1. The minimum Gasteiger partial charge on any atom is -0.396 e. The molecule has 0 spiro atoms. The zero-order chi connectivity index (χ0) is 23.5. The standard InChI is InChI=1S/C26H29FN4O2/c1-5-18-12-30(14-26(2,3)15-33)21-8-6-7-17-11-22(31(18)23(17)21)25-28-20-10-16(13-32)9-19(27)24(20)29(25)4/h6-11,13,18,33H,5,12,14-15H2,1-4H3. The van der Waals surface area contributed by atoms with E-state index >= 15 is 0 Å². The molecule has 6 nitrogen and oxygen atoms in total. The highest BCUT2D eigenvalue weighted by molar-refractivity contribution is 5.97. The molecular formula is C26H29FN4O2. The molecular weight excluding hydrogens is 419 g/mol. The Kier molecular flexibility index (Phi) is 5.05. The number of benzene rings is 2. The van der Waals surface area contributed by atoms with E-state index in [9.17, 15) is 14.3 Å². The maximum absolute atomic E-state index is 14.8. The van der Waals surface area contributed by atoms with Crippen LogP contribution >= 0.6 is 0 Å². The van der Waals surface area contributed by atoms with Crippen molar-refractivity contribution in [3.8, 4) is 11.5 Å². The van der Waals surface area contributed by atoms with Crippen molar-refractivity contribution in [2.24, 2.45) is 12.5 Å². The molecule has 172 valence electrons. The summed E-state index contributed by atoms with van der Waals surface area (Å²) in [7, 11) is 1.82. The summed E-state index contributed by atoms with van der Waals surface area (Å²) < 4.78 is 18.9. The first kappa shape index (κ1) is 21.6. The summed E-state index contributed by atoms with van der Waals surface area (Å²) in [6.07, 6.45) is 1.57. The van der Waals surface area contributed by atoms with Crippen molar-refractivity contribution >= 4 is 33.9 Å². The molecule has 2 aromatic carbocycles. The van der Waals surface area contributed by atoms with Gasteiger partial charge in [-0.2, -0.15) is 0 Å². The van der Waals surface area contributed by atoms with E-state index in [2.05, 4.69) is 54.5 Å². The van der Waals surface area contributed by atoms with E-state index in [1.807, 2.05) is 7.05 Å². The van der Waals surface area contributed by atoms with E-state index in [4.69, 9.17) is 4.98 Å². The molecule has 0 bridgehead atoms. The highest BCUT2D eigenvalue weighted by Gasteiger charge is 2.32. The quantitative estimate of drug-likeness (QED) is 0.425. The molecule has 4 aromatic rings. The number of carbonyl (C=O) groups is 1. The topological polar surface area (TPSA) is 63.3 Å². The number of aldehydes is 1. The fraction of sp³-hybridized carbons (Fsp3) is 0.385. The van der Waals surface area contributed by atoms with Crippen molar-refractivity contribution in [2.45, 2.75) is 33.2 Å². The third kappa shape index (κ3) is 3.33. The third-order valence-corrected chi connectivity index (χ3v) is 6.80. The molecule has 0 amide bonds. The number of nitrogens with zero attached hydrogens (tertiary/aromatic N) is 4. The van der Waals surface area contributed by atoms with Gasteiger partial charge in [0.2, 0.25) is 0 Å². The zero-order valence-corrected chi connectivity index (χ0v) is 19.5. The van der Waals surface area contributed by atoms with Gasteiger partial charge in [0.25, 0.3) is 0 Å². The van der Waals surface area contributed by atoms with Gasteiger partial charge in [-0.05, 0) is 30.7 Å². The fourth-order valence-corrected chi connectivity index (χ4v) is 5.15. The SMILES string of the molecule is CCC1CN(CC(C)(C)CO)c2cccc3cc(-c4nc5cc(C=O)cc(F)c5n4C)n1c23. The van der Waals surface area contributed by atoms with Crippen LogP contribution in [-0.2, 0) is 7.05 Å². The van der Waals surface area contributed by atoms with Crippen LogP contribution in [0.3, 0.4) is 0 Å². The molecule has 1 N–H and O–H groups in total. The van der Waals surface area contributed by atoms with Gasteiger partial charge in [-0.15, -0.1) is 0 Å². The molecule has 1 aliphatic rings. The molecule has 0 fully saturated rings. The van der Waals surface area contributed by atoms with Crippen LogP contribution in [0, 0.1) is 11.2 Å². The highest BCUT2D eigenvalue weighted by atomic mass is 19.1. The Morgan fingerprint density at radius 1 is 1.24 bits per heavy atom. The second-order valence-corrected chi connectivity index (χ2v) is 9.86. The predicted octanol–water partition coefficient (Wildman–Crippen LogP) is 4.94. The van der Waals surface area contributed by atoms with Crippen molar-refractivity contribution in [3.05, 3.63) is 47.8 Å². The maximum atomic E-state index is 14.8. The van der Waals surface area contributed by atoms with Crippen LogP contribution in [0.4, 0.5) is 10.1 Å². The molecule has 1 aliphatic heterocycles. The number of fused-ring (bicyclic) bond motifs is 1. The molecule has 2 aromatic heterocycles. The van der Waals surface area contributed by atoms with Crippen molar-refractivity contribution < 1.29 is 14.3 Å². The number of anilines is 1. The van der Waals surface area contributed by atoms with Gasteiger partial charge >= 0.3 is 0 Å². The van der Waals surface area contributed by atoms with Crippen LogP contribution in [0.15, 0.2) is 36.4 Å². The van der Waals surface area contributed by atoms with Gasteiger partial charge < -0.3 is 19.1 Å². The first-order chi connectivity index (χ1) is 15.8. The van der Waals surface area contributed by atoms with Gasteiger partial charge in [0.05, 0.1) is 28.5 Å². The van der Waals surface area contributed by atoms with Crippen molar-refractivity contribution in [3.63, 3.8) is 0 Å². The number of aliphatic hydroxyl groups excluding tert-OH is 1. The van der Waals surface area contributed by atoms with Crippen LogP contribution in [-0.4, -0.2) is 45.2 Å². The number of carbonyl (C=O) groups excluding carboxylic acids is 1. The lowest BCUT2D eigenvalue weighted by Gasteiger charge is -2.40. The van der Waals surface area contributed by atoms with Gasteiger partial charge in [-0.1, -0.05) is 32.9 Å². The molecule has 0 radical (unpaired) electrons. The van der Waals surface area contributed by atoms with Gasteiger partial charge in [0.15, 0.2) is 5.82 Å². The molecule has 5 rings (SSSR count). The number of para-hydroxylation sites is 1. The van der Waals surface area contributed by atoms with Crippen molar-refractivity contribution in [2.75, 3.05) is 24.6 Å². The summed E-state index contributed by atoms with van der Waals surface area (Å²) in [5.41, 5.74) is 4.15. The fourth-order valence-electron chi connectivity index (χ4n) is 5.15. The van der Waals surface area contributed by atoms with E-state index in [0.29, 0.717) is 23.1 Å². The summed E-state index contributed by atoms with van der Waals surface area (Å²) in [5.74, 6) is 0.229. The van der Waals surface area contributed by atoms with Gasteiger partial charge in [-0.25, -0.2) is 9.37 Å². The summed E-state index contributed by atoms with van der Waals surface area (Å²) >= 11 is 0. The number of aliphatic hydroxyl groups is 1. The Balaban J connectivity index is 1.75. The Morgan fingerprint density at radius 2 is 2.03 bits per heavy atom. The van der Waals surface area contributed by atoms with Gasteiger partial charge in [-0.3, -0.25) is 4.79 Å². The lowest BCUT2D eigenvalue weighted by Crippen LogP contribution is -2.42. The number of hydrogen-bond donors (Lipinski definition) is 1.